The number of benzene rings is 2. The van der Waals surface area contributed by atoms with Crippen molar-refractivity contribution in [3.05, 3.63) is 82.9 Å². The SMILES string of the molecule is C[C@@H]1[C@H](NC(=O)C(=NOC(C)(C)C(=O)OC(c2ccccc2)c2ccccc2)c2csc(N)n2)C(=O)N1S(=O)(=O)O. The molecule has 1 aliphatic heterocycles. The van der Waals surface area contributed by atoms with Crippen molar-refractivity contribution >= 4 is 50.3 Å². The summed E-state index contributed by atoms with van der Waals surface area (Å²) in [4.78, 5) is 48.3. The van der Waals surface area contributed by atoms with Gasteiger partial charge in [-0.1, -0.05) is 65.8 Å². The Morgan fingerprint density at radius 1 is 1.12 bits per heavy atom. The fourth-order valence-electron chi connectivity index (χ4n) is 3.94. The fourth-order valence-corrected chi connectivity index (χ4v) is 5.37. The number of nitrogens with two attached hydrogens (primary N) is 1. The van der Waals surface area contributed by atoms with Gasteiger partial charge in [-0.05, 0) is 31.9 Å². The molecule has 13 nitrogen and oxygen atoms in total. The molecule has 216 valence electrons. The molecule has 15 heteroatoms. The molecule has 0 radical (unpaired) electrons. The van der Waals surface area contributed by atoms with Crippen molar-refractivity contribution in [1.82, 2.24) is 14.6 Å². The van der Waals surface area contributed by atoms with E-state index >= 15 is 0 Å². The van der Waals surface area contributed by atoms with Crippen molar-refractivity contribution in [2.45, 2.75) is 44.6 Å². The predicted molar refractivity (Wildman–Crippen MR) is 149 cm³/mol. The Morgan fingerprint density at radius 3 is 2.15 bits per heavy atom. The summed E-state index contributed by atoms with van der Waals surface area (Å²) < 4.78 is 38.1. The van der Waals surface area contributed by atoms with Crippen LogP contribution in [-0.4, -0.2) is 63.4 Å². The van der Waals surface area contributed by atoms with Crippen LogP contribution in [-0.2, 0) is 34.3 Å². The highest BCUT2D eigenvalue weighted by atomic mass is 32.2. The number of β-lactam (4-membered cyclic amide) rings is 1. The zero-order valence-electron chi connectivity index (χ0n) is 22.1. The van der Waals surface area contributed by atoms with Crippen LogP contribution in [0.4, 0.5) is 5.13 Å². The van der Waals surface area contributed by atoms with Crippen molar-refractivity contribution < 1.29 is 36.9 Å². The van der Waals surface area contributed by atoms with Crippen LogP contribution in [0.25, 0.3) is 0 Å². The first-order valence-corrected chi connectivity index (χ1v) is 14.5. The Bertz CT molecular complexity index is 1540. The largest absolute Gasteiger partial charge is 0.450 e. The number of esters is 1. The summed E-state index contributed by atoms with van der Waals surface area (Å²) in [6.45, 7) is 4.12. The molecule has 2 aromatic carbocycles. The number of nitrogens with one attached hydrogen (secondary N) is 1. The maximum atomic E-state index is 13.3. The Balaban J connectivity index is 1.55. The van der Waals surface area contributed by atoms with Crippen LogP contribution < -0.4 is 11.1 Å². The summed E-state index contributed by atoms with van der Waals surface area (Å²) in [5.74, 6) is -2.78. The molecule has 1 aromatic heterocycles. The van der Waals surface area contributed by atoms with Gasteiger partial charge in [-0.15, -0.1) is 11.3 Å². The van der Waals surface area contributed by atoms with E-state index in [1.807, 2.05) is 60.7 Å². The van der Waals surface area contributed by atoms with Crippen LogP contribution in [0.15, 0.2) is 71.2 Å². The Hall–Kier alpha value is -4.34. The first kappa shape index (κ1) is 29.6. The lowest BCUT2D eigenvalue weighted by Gasteiger charge is -2.42. The number of nitrogen functional groups attached to an aromatic ring is 1. The van der Waals surface area contributed by atoms with Gasteiger partial charge in [-0.25, -0.2) is 14.1 Å². The third-order valence-electron chi connectivity index (χ3n) is 6.14. The quantitative estimate of drug-likeness (QED) is 0.102. The van der Waals surface area contributed by atoms with Gasteiger partial charge in [0, 0.05) is 5.38 Å². The summed E-state index contributed by atoms with van der Waals surface area (Å²) in [6.07, 6.45) is -0.755. The zero-order chi connectivity index (χ0) is 29.9. The molecule has 0 unspecified atom stereocenters. The number of hydrogen-bond acceptors (Lipinski definition) is 11. The molecule has 1 saturated heterocycles. The molecule has 1 aliphatic rings. The van der Waals surface area contributed by atoms with Crippen molar-refractivity contribution in [2.24, 2.45) is 5.16 Å². The second kappa shape index (κ2) is 11.6. The predicted octanol–water partition coefficient (Wildman–Crippen LogP) is 2.08. The summed E-state index contributed by atoms with van der Waals surface area (Å²) in [6, 6.07) is 15.9. The maximum Gasteiger partial charge on any atom is 0.362 e. The van der Waals surface area contributed by atoms with Crippen molar-refractivity contribution in [3.8, 4) is 0 Å². The van der Waals surface area contributed by atoms with Gasteiger partial charge >= 0.3 is 16.3 Å². The molecule has 0 saturated carbocycles. The highest BCUT2D eigenvalue weighted by molar-refractivity contribution is 7.84. The molecular weight excluding hydrogens is 574 g/mol. The molecular formula is C26H27N5O8S2. The van der Waals surface area contributed by atoms with E-state index in [9.17, 15) is 27.4 Å². The molecule has 2 heterocycles. The summed E-state index contributed by atoms with van der Waals surface area (Å²) in [5, 5.41) is 7.77. The van der Waals surface area contributed by atoms with Crippen LogP contribution in [0.5, 0.6) is 0 Å². The highest BCUT2D eigenvalue weighted by Crippen LogP contribution is 2.29. The second-order valence-electron chi connectivity index (χ2n) is 9.52. The van der Waals surface area contributed by atoms with Crippen LogP contribution in [0.2, 0.25) is 0 Å². The van der Waals surface area contributed by atoms with Crippen molar-refractivity contribution in [3.63, 3.8) is 0 Å². The number of thiazole rings is 1. The molecule has 2 atom stereocenters. The normalized spacial score (nSPS) is 17.6. The highest BCUT2D eigenvalue weighted by Gasteiger charge is 2.51. The topological polar surface area (TPSA) is 191 Å². The molecule has 1 fully saturated rings. The van der Waals surface area contributed by atoms with E-state index in [4.69, 9.17) is 15.3 Å². The maximum absolute atomic E-state index is 13.3. The zero-order valence-corrected chi connectivity index (χ0v) is 23.8. The molecule has 4 N–H and O–H groups in total. The standard InChI is InChI=1S/C26H27N5O8S2/c1-15-19(23(33)31(15)41(35,36)37)29-22(32)20(18-14-40-25(27)28-18)30-39-26(2,3)24(34)38-21(16-10-6-4-7-11-16)17-12-8-5-9-13-17/h4-15,19,21H,1-3H3,(H2,27,28)(H,29,32)(H,35,36,37)/t15-,19+/m1/s1. The van der Waals surface area contributed by atoms with E-state index in [-0.39, 0.29) is 15.1 Å². The summed E-state index contributed by atoms with van der Waals surface area (Å²) in [7, 11) is -4.79. The van der Waals surface area contributed by atoms with Gasteiger partial charge in [0.2, 0.25) is 5.60 Å². The molecule has 2 amide bonds. The first-order chi connectivity index (χ1) is 19.3. The number of hydrogen-bond donors (Lipinski definition) is 3. The second-order valence-corrected chi connectivity index (χ2v) is 11.7. The number of carbonyl (C=O) groups is 3. The number of oxime groups is 1. The van der Waals surface area contributed by atoms with Gasteiger partial charge in [0.1, 0.15) is 11.7 Å². The first-order valence-electron chi connectivity index (χ1n) is 12.2. The minimum Gasteiger partial charge on any atom is -0.450 e. The van der Waals surface area contributed by atoms with Gasteiger partial charge in [0.05, 0.1) is 6.04 Å². The van der Waals surface area contributed by atoms with E-state index in [0.717, 1.165) is 22.5 Å². The lowest BCUT2D eigenvalue weighted by atomic mass is 10.0. The molecule has 4 rings (SSSR count). The summed E-state index contributed by atoms with van der Waals surface area (Å²) in [5.41, 5.74) is 5.03. The fraction of sp³-hybridized carbons (Fsp3) is 0.269. The number of rotatable bonds is 10. The molecule has 0 aliphatic carbocycles. The van der Waals surface area contributed by atoms with Gasteiger partial charge < -0.3 is 20.6 Å². The smallest absolute Gasteiger partial charge is 0.362 e. The lowest BCUT2D eigenvalue weighted by molar-refractivity contribution is -0.172. The number of amides is 2. The molecule has 3 aromatic rings. The third-order valence-corrected chi connectivity index (χ3v) is 7.82. The Morgan fingerprint density at radius 2 is 1.68 bits per heavy atom. The minimum absolute atomic E-state index is 0.00771. The van der Waals surface area contributed by atoms with Crippen molar-refractivity contribution in [1.29, 1.82) is 0 Å². The van der Waals surface area contributed by atoms with Crippen LogP contribution in [0.1, 0.15) is 43.7 Å². The van der Waals surface area contributed by atoms with E-state index < -0.39 is 57.6 Å². The number of carbonyl (C=O) groups excluding carboxylic acids is 3. The number of anilines is 1. The van der Waals surface area contributed by atoms with E-state index in [1.165, 1.54) is 26.2 Å². The van der Waals surface area contributed by atoms with Crippen LogP contribution in [0.3, 0.4) is 0 Å². The monoisotopic (exact) mass is 601 g/mol. The Labute approximate surface area is 239 Å². The third kappa shape index (κ3) is 6.53. The Kier molecular flexibility index (Phi) is 8.42. The van der Waals surface area contributed by atoms with Crippen LogP contribution >= 0.6 is 11.3 Å². The van der Waals surface area contributed by atoms with E-state index in [0.29, 0.717) is 0 Å². The van der Waals surface area contributed by atoms with Gasteiger partial charge in [0.15, 0.2) is 16.9 Å². The number of aromatic nitrogens is 1. The van der Waals surface area contributed by atoms with Crippen LogP contribution in [0, 0.1) is 0 Å². The van der Waals surface area contributed by atoms with Gasteiger partial charge in [-0.2, -0.15) is 8.42 Å². The molecule has 0 spiro atoms. The summed E-state index contributed by atoms with van der Waals surface area (Å²) >= 11 is 1.01. The number of nitrogens with zero attached hydrogens (tertiary/aromatic N) is 3. The lowest BCUT2D eigenvalue weighted by Crippen LogP contribution is -2.71. The number of ether oxygens (including phenoxy) is 1. The van der Waals surface area contributed by atoms with Crippen molar-refractivity contribution in [2.75, 3.05) is 5.73 Å². The van der Waals surface area contributed by atoms with Gasteiger partial charge in [0.25, 0.3) is 11.8 Å². The average Bonchev–Trinajstić information content (AvgIpc) is 3.36. The van der Waals surface area contributed by atoms with E-state index in [2.05, 4.69) is 15.5 Å². The molecule has 41 heavy (non-hydrogen) atoms. The average molecular weight is 602 g/mol. The minimum atomic E-state index is -4.79. The van der Waals surface area contributed by atoms with E-state index in [1.54, 1.807) is 0 Å². The van der Waals surface area contributed by atoms with Gasteiger partial charge in [-0.3, -0.25) is 14.1 Å². The molecule has 0 bridgehead atoms.